The highest BCUT2D eigenvalue weighted by Gasteiger charge is 2.19. The number of para-hydroxylation sites is 1. The normalized spacial score (nSPS) is 11.3. The summed E-state index contributed by atoms with van der Waals surface area (Å²) in [5.41, 5.74) is 9.07. The van der Waals surface area contributed by atoms with Crippen LogP contribution in [0.4, 0.5) is 0 Å². The van der Waals surface area contributed by atoms with Gasteiger partial charge in [-0.1, -0.05) is 215 Å². The van der Waals surface area contributed by atoms with Crippen molar-refractivity contribution in [3.8, 4) is 17.9 Å². The van der Waals surface area contributed by atoms with Crippen molar-refractivity contribution in [2.45, 2.75) is 189 Å². The summed E-state index contributed by atoms with van der Waals surface area (Å²) >= 11 is 0. The Hall–Kier alpha value is -4.67. The molecule has 1 aromatic heterocycles. The maximum Gasteiger partial charge on any atom is 0.122 e. The van der Waals surface area contributed by atoms with E-state index in [2.05, 4.69) is 145 Å². The van der Waals surface area contributed by atoms with Crippen LogP contribution >= 0.6 is 0 Å². The fourth-order valence-corrected chi connectivity index (χ4v) is 5.71. The third-order valence-corrected chi connectivity index (χ3v) is 9.16. The minimum absolute atomic E-state index is 0. The summed E-state index contributed by atoms with van der Waals surface area (Å²) in [6.07, 6.45) is 10.2. The van der Waals surface area contributed by atoms with Crippen LogP contribution in [0, 0.1) is 28.1 Å². The number of aromatic nitrogens is 1. The molecule has 3 aromatic carbocycles. The van der Waals surface area contributed by atoms with Crippen LogP contribution in [0.5, 0.6) is 5.75 Å². The average Bonchev–Trinajstić information content (AvgIpc) is 3.68. The molecule has 1 aliphatic carbocycles. The van der Waals surface area contributed by atoms with Crippen LogP contribution in [0.2, 0.25) is 0 Å². The molecule has 1 aliphatic rings. The van der Waals surface area contributed by atoms with Gasteiger partial charge in [0.2, 0.25) is 0 Å². The average molecular weight is 838 g/mol. The number of nitriles is 2. The van der Waals surface area contributed by atoms with Gasteiger partial charge in [0, 0.05) is 12.4 Å². The lowest BCUT2D eigenvalue weighted by molar-refractivity contribution is 0.397. The Labute approximate surface area is 380 Å². The van der Waals surface area contributed by atoms with Gasteiger partial charge in [-0.3, -0.25) is 4.98 Å². The van der Waals surface area contributed by atoms with Crippen molar-refractivity contribution in [1.82, 2.24) is 4.98 Å². The third-order valence-electron chi connectivity index (χ3n) is 9.16. The van der Waals surface area contributed by atoms with E-state index < -0.39 is 0 Å². The number of benzene rings is 3. The molecule has 0 atom stereocenters. The second-order valence-corrected chi connectivity index (χ2v) is 19.2. The predicted molar refractivity (Wildman–Crippen MR) is 276 cm³/mol. The van der Waals surface area contributed by atoms with E-state index in [0.29, 0.717) is 5.41 Å². The molecule has 1 heterocycles. The molecule has 0 N–H and O–H groups in total. The molecular formula is C57H95N3O. The van der Waals surface area contributed by atoms with Crippen molar-refractivity contribution < 1.29 is 4.74 Å². The van der Waals surface area contributed by atoms with Gasteiger partial charge >= 0.3 is 0 Å². The zero-order valence-electron chi connectivity index (χ0n) is 37.2. The topological polar surface area (TPSA) is 69.7 Å². The van der Waals surface area contributed by atoms with Gasteiger partial charge in [-0.15, -0.1) is 0 Å². The number of pyridine rings is 1. The summed E-state index contributed by atoms with van der Waals surface area (Å²) in [5, 5.41) is 17.5. The molecule has 4 aromatic rings. The first kappa shape index (κ1) is 68.1. The summed E-state index contributed by atoms with van der Waals surface area (Å²) in [6, 6.07) is 32.1. The Morgan fingerprint density at radius 2 is 1.02 bits per heavy atom. The Kier molecular flexibility index (Phi) is 33.9. The van der Waals surface area contributed by atoms with Gasteiger partial charge in [-0.2, -0.15) is 10.5 Å². The van der Waals surface area contributed by atoms with Crippen molar-refractivity contribution in [2.24, 2.45) is 5.41 Å². The minimum atomic E-state index is 0. The largest absolute Gasteiger partial charge is 0.496 e. The molecule has 0 bridgehead atoms. The fraction of sp³-hybridized carbons (Fsp3) is 0.526. The second-order valence-electron chi connectivity index (χ2n) is 19.2. The van der Waals surface area contributed by atoms with Crippen molar-refractivity contribution >= 4 is 0 Å². The Balaban J connectivity index is -0.000000152. The highest BCUT2D eigenvalue weighted by atomic mass is 16.5. The minimum Gasteiger partial charge on any atom is -0.496 e. The van der Waals surface area contributed by atoms with E-state index in [-0.39, 0.29) is 66.2 Å². The Morgan fingerprint density at radius 1 is 0.525 bits per heavy atom. The lowest BCUT2D eigenvalue weighted by Gasteiger charge is -2.21. The van der Waals surface area contributed by atoms with E-state index in [1.807, 2.05) is 72.9 Å². The maximum absolute atomic E-state index is 8.83. The number of ether oxygens (including phenoxy) is 1. The fourth-order valence-electron chi connectivity index (χ4n) is 5.71. The molecule has 4 nitrogen and oxygen atoms in total. The Morgan fingerprint density at radius 3 is 1.34 bits per heavy atom. The Bertz CT molecular complexity index is 1840. The molecule has 61 heavy (non-hydrogen) atoms. The van der Waals surface area contributed by atoms with Gasteiger partial charge in [-0.25, -0.2) is 0 Å². The van der Waals surface area contributed by atoms with E-state index in [1.54, 1.807) is 18.9 Å². The first-order chi connectivity index (χ1) is 25.4. The standard InChI is InChI=1S/2C11H13N.C11H16O.C9H13N.C9H16.6CH4/c1-11(2,3)10-6-4-5-9(7-10)8-12;1-11(2,3)10-7-5-4-6-9(10)8-12;1-11(2,3)9-7-5-6-8-10(9)12-4;1-9(2,3)8-5-4-6-10-7-8;1-9(2,3)8-6-4-5-7-8;;;;;;/h2*4-7H,1-3H3;5-8H,1-4H3;4-7H,1-3H3;6H,4-5,7H2,1-3H3;6*1H4. The summed E-state index contributed by atoms with van der Waals surface area (Å²) in [7, 11) is 1.71. The molecule has 0 radical (unpaired) electrons. The van der Waals surface area contributed by atoms with Crippen molar-refractivity contribution in [3.05, 3.63) is 142 Å². The molecule has 0 aliphatic heterocycles. The number of methoxy groups -OCH3 is 1. The maximum atomic E-state index is 8.83. The van der Waals surface area contributed by atoms with E-state index >= 15 is 0 Å². The van der Waals surface area contributed by atoms with Crippen molar-refractivity contribution in [3.63, 3.8) is 0 Å². The van der Waals surface area contributed by atoms with Crippen LogP contribution in [-0.2, 0) is 21.7 Å². The molecule has 0 spiro atoms. The van der Waals surface area contributed by atoms with E-state index in [9.17, 15) is 0 Å². The highest BCUT2D eigenvalue weighted by molar-refractivity contribution is 5.41. The monoisotopic (exact) mass is 838 g/mol. The van der Waals surface area contributed by atoms with Gasteiger partial charge in [0.05, 0.1) is 30.4 Å². The van der Waals surface area contributed by atoms with E-state index in [1.165, 1.54) is 36.0 Å². The zero-order chi connectivity index (χ0) is 42.1. The number of allylic oxidation sites excluding steroid dienone is 2. The SMILES string of the molecule is C.C.C.C.C.C.CC(C)(C)C1=CCCC1.CC(C)(C)c1cccc(C#N)c1.CC(C)(C)c1ccccc1C#N.CC(C)(C)c1cccnc1.COc1ccccc1C(C)(C)C. The van der Waals surface area contributed by atoms with Gasteiger partial charge in [0.1, 0.15) is 5.75 Å². The van der Waals surface area contributed by atoms with Gasteiger partial charge in [-0.05, 0) is 98.9 Å². The van der Waals surface area contributed by atoms with Crippen LogP contribution in [0.1, 0.15) is 201 Å². The van der Waals surface area contributed by atoms with Gasteiger partial charge in [0.15, 0.2) is 0 Å². The van der Waals surface area contributed by atoms with Crippen molar-refractivity contribution in [1.29, 1.82) is 10.5 Å². The van der Waals surface area contributed by atoms with Crippen LogP contribution in [0.25, 0.3) is 0 Å². The molecular weight excluding hydrogens is 743 g/mol. The molecule has 5 rings (SSSR count). The lowest BCUT2D eigenvalue weighted by Crippen LogP contribution is -2.12. The number of nitrogens with zero attached hydrogens (tertiary/aromatic N) is 3. The predicted octanol–water partition coefficient (Wildman–Crippen LogP) is 18.0. The molecule has 0 unspecified atom stereocenters. The molecule has 4 heteroatoms. The smallest absolute Gasteiger partial charge is 0.122 e. The van der Waals surface area contributed by atoms with Gasteiger partial charge in [0.25, 0.3) is 0 Å². The van der Waals surface area contributed by atoms with Gasteiger partial charge < -0.3 is 4.74 Å². The van der Waals surface area contributed by atoms with Crippen LogP contribution in [0.3, 0.4) is 0 Å². The lowest BCUT2D eigenvalue weighted by atomic mass is 9.84. The molecule has 0 amide bonds. The number of hydrogen-bond donors (Lipinski definition) is 0. The summed E-state index contributed by atoms with van der Waals surface area (Å²) in [4.78, 5) is 4.05. The van der Waals surface area contributed by atoms with E-state index in [4.69, 9.17) is 15.3 Å². The summed E-state index contributed by atoms with van der Waals surface area (Å²) in [5.74, 6) is 0.977. The van der Waals surface area contributed by atoms with E-state index in [0.717, 1.165) is 22.4 Å². The molecule has 0 saturated carbocycles. The van der Waals surface area contributed by atoms with Crippen LogP contribution in [0.15, 0.2) is 109 Å². The third kappa shape index (κ3) is 25.6. The second kappa shape index (κ2) is 30.4. The number of rotatable bonds is 1. The van der Waals surface area contributed by atoms with Crippen LogP contribution in [-0.4, -0.2) is 12.1 Å². The zero-order valence-corrected chi connectivity index (χ0v) is 37.2. The quantitative estimate of drug-likeness (QED) is 0.179. The first-order valence-electron chi connectivity index (χ1n) is 19.6. The molecule has 0 saturated heterocycles. The summed E-state index contributed by atoms with van der Waals surface area (Å²) in [6.45, 7) is 32.8. The van der Waals surface area contributed by atoms with Crippen LogP contribution < -0.4 is 4.74 Å². The molecule has 0 fully saturated rings. The van der Waals surface area contributed by atoms with Crippen molar-refractivity contribution in [2.75, 3.05) is 7.11 Å². The summed E-state index contributed by atoms with van der Waals surface area (Å²) < 4.78 is 5.27. The number of hydrogen-bond acceptors (Lipinski definition) is 4. The molecule has 344 valence electrons. The first-order valence-corrected chi connectivity index (χ1v) is 19.6. The highest BCUT2D eigenvalue weighted by Crippen LogP contribution is 2.34.